The monoisotopic (exact) mass is 373 g/mol. The van der Waals surface area contributed by atoms with Gasteiger partial charge in [0.1, 0.15) is 0 Å². The van der Waals surface area contributed by atoms with Crippen molar-refractivity contribution in [2.75, 3.05) is 7.05 Å². The molecule has 2 nitrogen and oxygen atoms in total. The molecule has 0 saturated carbocycles. The van der Waals surface area contributed by atoms with Crippen molar-refractivity contribution in [2.45, 2.75) is 44.1 Å². The van der Waals surface area contributed by atoms with Crippen LogP contribution in [0, 0.1) is 0 Å². The molecule has 0 spiro atoms. The maximum absolute atomic E-state index is 12.1. The number of fused-ring (bicyclic) bond motifs is 3. The van der Waals surface area contributed by atoms with E-state index in [0.29, 0.717) is 22.5 Å². The molecule has 1 aliphatic carbocycles. The van der Waals surface area contributed by atoms with Gasteiger partial charge in [0.15, 0.2) is 0 Å². The number of amides is 1. The number of halogens is 2. The molecular weight excluding hydrogens is 353 g/mol. The summed E-state index contributed by atoms with van der Waals surface area (Å²) in [5, 5.41) is 1.33. The molecule has 1 saturated heterocycles. The van der Waals surface area contributed by atoms with Gasteiger partial charge in [0.25, 0.3) is 0 Å². The van der Waals surface area contributed by atoms with E-state index >= 15 is 0 Å². The lowest BCUT2D eigenvalue weighted by atomic mass is 9.63. The topological polar surface area (TPSA) is 20.3 Å². The van der Waals surface area contributed by atoms with Gasteiger partial charge in [-0.05, 0) is 48.1 Å². The Hall–Kier alpha value is -1.51. The lowest BCUT2D eigenvalue weighted by molar-refractivity contribution is -0.138. The van der Waals surface area contributed by atoms with Gasteiger partial charge in [0.2, 0.25) is 5.91 Å². The van der Waals surface area contributed by atoms with Crippen LogP contribution in [0.1, 0.15) is 37.3 Å². The van der Waals surface area contributed by atoms with Crippen LogP contribution in [0.3, 0.4) is 0 Å². The van der Waals surface area contributed by atoms with Crippen molar-refractivity contribution in [1.82, 2.24) is 4.90 Å². The maximum Gasteiger partial charge on any atom is 0.222 e. The fourth-order valence-electron chi connectivity index (χ4n) is 4.68. The maximum atomic E-state index is 12.1. The molecule has 2 aliphatic rings. The summed E-state index contributed by atoms with van der Waals surface area (Å²) in [4.78, 5) is 14.1. The largest absolute Gasteiger partial charge is 0.342 e. The minimum absolute atomic E-state index is 0.0402. The summed E-state index contributed by atoms with van der Waals surface area (Å²) < 4.78 is 0. The van der Waals surface area contributed by atoms with Gasteiger partial charge in [-0.2, -0.15) is 0 Å². The summed E-state index contributed by atoms with van der Waals surface area (Å²) in [7, 11) is 1.96. The molecule has 0 aromatic heterocycles. The molecule has 0 radical (unpaired) electrons. The number of piperidine rings is 1. The second-order valence-corrected chi connectivity index (χ2v) is 8.32. The molecule has 4 heteroatoms. The molecule has 130 valence electrons. The van der Waals surface area contributed by atoms with E-state index in [4.69, 9.17) is 23.2 Å². The van der Waals surface area contributed by atoms with E-state index in [2.05, 4.69) is 25.1 Å². The molecule has 25 heavy (non-hydrogen) atoms. The van der Waals surface area contributed by atoms with Crippen molar-refractivity contribution in [3.05, 3.63) is 57.6 Å². The van der Waals surface area contributed by atoms with E-state index in [-0.39, 0.29) is 11.3 Å². The molecule has 4 rings (SSSR count). The summed E-state index contributed by atoms with van der Waals surface area (Å²) in [6.07, 6.45) is 3.57. The molecule has 1 aliphatic heterocycles. The third kappa shape index (κ3) is 2.67. The molecule has 2 atom stereocenters. The average Bonchev–Trinajstić information content (AvgIpc) is 2.58. The first kappa shape index (κ1) is 16.9. The van der Waals surface area contributed by atoms with Gasteiger partial charge < -0.3 is 4.90 Å². The average molecular weight is 374 g/mol. The summed E-state index contributed by atoms with van der Waals surface area (Å²) in [5.74, 6) is 0.274. The second-order valence-electron chi connectivity index (χ2n) is 7.47. The number of likely N-dealkylation sites (tertiary alicyclic amines) is 1. The molecule has 0 bridgehead atoms. The molecule has 1 amide bonds. The van der Waals surface area contributed by atoms with Crippen molar-refractivity contribution in [3.8, 4) is 11.1 Å². The number of aryl methyl sites for hydroxylation is 1. The molecule has 1 fully saturated rings. The lowest BCUT2D eigenvalue weighted by Crippen LogP contribution is -2.56. The van der Waals surface area contributed by atoms with Crippen molar-refractivity contribution >= 4 is 29.1 Å². The predicted octanol–water partition coefficient (Wildman–Crippen LogP) is 5.49. The van der Waals surface area contributed by atoms with E-state index in [0.717, 1.165) is 30.4 Å². The number of carbonyl (C=O) groups excluding carboxylic acids is 1. The van der Waals surface area contributed by atoms with E-state index < -0.39 is 0 Å². The summed E-state index contributed by atoms with van der Waals surface area (Å²) in [6, 6.07) is 12.6. The molecular formula is C21H21Cl2NO. The van der Waals surface area contributed by atoms with Crippen molar-refractivity contribution in [1.29, 1.82) is 0 Å². The number of hydrogen-bond donors (Lipinski definition) is 0. The number of hydrogen-bond acceptors (Lipinski definition) is 1. The Kier molecular flexibility index (Phi) is 4.09. The van der Waals surface area contributed by atoms with E-state index in [1.807, 2.05) is 24.1 Å². The highest BCUT2D eigenvalue weighted by molar-refractivity contribution is 6.36. The van der Waals surface area contributed by atoms with Gasteiger partial charge in [0.05, 0.1) is 0 Å². The van der Waals surface area contributed by atoms with Crippen LogP contribution in [0.4, 0.5) is 0 Å². The Balaban J connectivity index is 1.77. The van der Waals surface area contributed by atoms with Crippen LogP contribution in [0.5, 0.6) is 0 Å². The number of rotatable bonds is 1. The standard InChI is InChI=1S/C21H21Cl2NO/c1-21-10-9-20(25)24(2)19(21)8-4-14-11-13(3-7-17(14)21)16-6-5-15(22)12-18(16)23/h3,5-7,11-12,19H,4,8-10H2,1-2H3/t19?,21-/m1/s1. The number of likely N-dealkylation sites (N-methyl/N-ethyl adjacent to an activating group) is 1. The highest BCUT2D eigenvalue weighted by Crippen LogP contribution is 2.46. The Bertz CT molecular complexity index is 863. The fourth-order valence-corrected chi connectivity index (χ4v) is 5.20. The first-order valence-corrected chi connectivity index (χ1v) is 9.50. The van der Waals surface area contributed by atoms with Gasteiger partial charge in [-0.3, -0.25) is 4.79 Å². The van der Waals surface area contributed by atoms with Gasteiger partial charge >= 0.3 is 0 Å². The van der Waals surface area contributed by atoms with Crippen LogP contribution in [-0.2, 0) is 16.6 Å². The van der Waals surface area contributed by atoms with Crippen LogP contribution < -0.4 is 0 Å². The Morgan fingerprint density at radius 1 is 1.12 bits per heavy atom. The molecule has 0 N–H and O–H groups in total. The van der Waals surface area contributed by atoms with Crippen LogP contribution in [-0.4, -0.2) is 23.9 Å². The highest BCUT2D eigenvalue weighted by atomic mass is 35.5. The zero-order chi connectivity index (χ0) is 17.8. The van der Waals surface area contributed by atoms with Crippen molar-refractivity contribution < 1.29 is 4.79 Å². The van der Waals surface area contributed by atoms with E-state index in [9.17, 15) is 4.79 Å². The molecule has 1 unspecified atom stereocenters. The van der Waals surface area contributed by atoms with Crippen LogP contribution in [0.2, 0.25) is 10.0 Å². The normalized spacial score (nSPS) is 25.5. The minimum Gasteiger partial charge on any atom is -0.342 e. The number of carbonyl (C=O) groups is 1. The first-order valence-electron chi connectivity index (χ1n) is 8.74. The summed E-state index contributed by atoms with van der Waals surface area (Å²) >= 11 is 12.4. The smallest absolute Gasteiger partial charge is 0.222 e. The van der Waals surface area contributed by atoms with E-state index in [1.54, 1.807) is 6.07 Å². The van der Waals surface area contributed by atoms with Gasteiger partial charge in [-0.15, -0.1) is 0 Å². The zero-order valence-corrected chi connectivity index (χ0v) is 16.0. The summed E-state index contributed by atoms with van der Waals surface area (Å²) in [6.45, 7) is 2.31. The minimum atomic E-state index is 0.0402. The SMILES string of the molecule is CN1C(=O)CC[C@]2(C)c3ccc(-c4ccc(Cl)cc4Cl)cc3CCC12. The second kappa shape index (κ2) is 6.03. The van der Waals surface area contributed by atoms with E-state index in [1.165, 1.54) is 11.1 Å². The molecule has 2 aromatic carbocycles. The first-order chi connectivity index (χ1) is 11.9. The number of benzene rings is 2. The van der Waals surface area contributed by atoms with Gasteiger partial charge in [-0.25, -0.2) is 0 Å². The van der Waals surface area contributed by atoms with Crippen LogP contribution in [0.25, 0.3) is 11.1 Å². The van der Waals surface area contributed by atoms with Crippen molar-refractivity contribution in [2.24, 2.45) is 0 Å². The van der Waals surface area contributed by atoms with Gasteiger partial charge in [0, 0.05) is 40.5 Å². The quantitative estimate of drug-likeness (QED) is 0.647. The molecule has 1 heterocycles. The van der Waals surface area contributed by atoms with Crippen LogP contribution in [0.15, 0.2) is 36.4 Å². The Morgan fingerprint density at radius 3 is 2.68 bits per heavy atom. The Labute approximate surface area is 158 Å². The van der Waals surface area contributed by atoms with Gasteiger partial charge in [-0.1, -0.05) is 54.4 Å². The predicted molar refractivity (Wildman–Crippen MR) is 103 cm³/mol. The third-order valence-electron chi connectivity index (χ3n) is 6.10. The molecule has 2 aromatic rings. The third-order valence-corrected chi connectivity index (χ3v) is 6.65. The fraction of sp³-hybridized carbons (Fsp3) is 0.381. The van der Waals surface area contributed by atoms with Crippen LogP contribution >= 0.6 is 23.2 Å². The summed E-state index contributed by atoms with van der Waals surface area (Å²) in [5.41, 5.74) is 4.94. The lowest BCUT2D eigenvalue weighted by Gasteiger charge is -2.50. The zero-order valence-electron chi connectivity index (χ0n) is 14.5. The Morgan fingerprint density at radius 2 is 1.92 bits per heavy atom. The highest BCUT2D eigenvalue weighted by Gasteiger charge is 2.46. The number of nitrogens with zero attached hydrogens (tertiary/aromatic N) is 1. The van der Waals surface area contributed by atoms with Crippen molar-refractivity contribution in [3.63, 3.8) is 0 Å².